The first-order valence-electron chi connectivity index (χ1n) is 5.76. The van der Waals surface area contributed by atoms with Gasteiger partial charge in [-0.15, -0.1) is 0 Å². The molecule has 0 aliphatic rings. The van der Waals surface area contributed by atoms with Crippen LogP contribution in [0.25, 0.3) is 0 Å². The maximum atomic E-state index is 11.3. The number of benzene rings is 1. The number of hydrogen-bond donors (Lipinski definition) is 1. The van der Waals surface area contributed by atoms with Gasteiger partial charge >= 0.3 is 5.97 Å². The van der Waals surface area contributed by atoms with Crippen molar-refractivity contribution >= 4 is 21.9 Å². The molecule has 0 aliphatic carbocycles. The lowest BCUT2D eigenvalue weighted by atomic mass is 10.1. The standard InChI is InChI=1S/C13H19BrN2O2/c1-16(2)7-6-15-9-11-5-4-10(8-12(11)14)13(17)18-3/h4-5,8,15H,6-7,9H2,1-3H3. The first-order chi connectivity index (χ1) is 8.54. The second-order valence-electron chi connectivity index (χ2n) is 4.28. The molecule has 0 unspecified atom stereocenters. The second kappa shape index (κ2) is 7.51. The van der Waals surface area contributed by atoms with Crippen molar-refractivity contribution in [2.24, 2.45) is 0 Å². The van der Waals surface area contributed by atoms with Crippen LogP contribution in [0, 0.1) is 0 Å². The van der Waals surface area contributed by atoms with Gasteiger partial charge in [-0.25, -0.2) is 4.79 Å². The molecule has 1 aromatic carbocycles. The molecule has 5 heteroatoms. The molecule has 0 bridgehead atoms. The Kier molecular flexibility index (Phi) is 6.32. The largest absolute Gasteiger partial charge is 0.465 e. The molecule has 0 aromatic heterocycles. The lowest BCUT2D eigenvalue weighted by molar-refractivity contribution is 0.0600. The molecule has 0 heterocycles. The number of rotatable bonds is 6. The van der Waals surface area contributed by atoms with E-state index >= 15 is 0 Å². The second-order valence-corrected chi connectivity index (χ2v) is 5.13. The highest BCUT2D eigenvalue weighted by molar-refractivity contribution is 9.10. The van der Waals surface area contributed by atoms with E-state index in [1.807, 2.05) is 20.2 Å². The summed E-state index contributed by atoms with van der Waals surface area (Å²) < 4.78 is 5.59. The summed E-state index contributed by atoms with van der Waals surface area (Å²) >= 11 is 3.47. The summed E-state index contributed by atoms with van der Waals surface area (Å²) in [5.74, 6) is -0.317. The number of carbonyl (C=O) groups is 1. The van der Waals surface area contributed by atoms with Crippen molar-refractivity contribution in [3.8, 4) is 0 Å². The fraction of sp³-hybridized carbons (Fsp3) is 0.462. The Morgan fingerprint density at radius 2 is 2.17 bits per heavy atom. The number of hydrogen-bond acceptors (Lipinski definition) is 4. The molecule has 0 spiro atoms. The first kappa shape index (κ1) is 15.1. The topological polar surface area (TPSA) is 41.6 Å². The van der Waals surface area contributed by atoms with E-state index in [0.717, 1.165) is 29.7 Å². The van der Waals surface area contributed by atoms with E-state index in [9.17, 15) is 4.79 Å². The van der Waals surface area contributed by atoms with Crippen LogP contribution in [0.4, 0.5) is 0 Å². The van der Waals surface area contributed by atoms with Gasteiger partial charge in [-0.1, -0.05) is 22.0 Å². The highest BCUT2D eigenvalue weighted by atomic mass is 79.9. The third-order valence-corrected chi connectivity index (χ3v) is 3.26. The quantitative estimate of drug-likeness (QED) is 0.643. The molecule has 0 saturated carbocycles. The van der Waals surface area contributed by atoms with E-state index in [4.69, 9.17) is 0 Å². The van der Waals surface area contributed by atoms with Crippen LogP contribution in [0.2, 0.25) is 0 Å². The average Bonchev–Trinajstić information content (AvgIpc) is 2.34. The molecule has 0 saturated heterocycles. The van der Waals surface area contributed by atoms with Gasteiger partial charge in [0.25, 0.3) is 0 Å². The molecule has 100 valence electrons. The van der Waals surface area contributed by atoms with E-state index < -0.39 is 0 Å². The van der Waals surface area contributed by atoms with Crippen molar-refractivity contribution < 1.29 is 9.53 Å². The van der Waals surface area contributed by atoms with Crippen molar-refractivity contribution in [1.29, 1.82) is 0 Å². The summed E-state index contributed by atoms with van der Waals surface area (Å²) in [6.07, 6.45) is 0. The lowest BCUT2D eigenvalue weighted by Gasteiger charge is -2.11. The minimum Gasteiger partial charge on any atom is -0.465 e. The Labute approximate surface area is 116 Å². The Balaban J connectivity index is 2.55. The molecular formula is C13H19BrN2O2. The van der Waals surface area contributed by atoms with Crippen LogP contribution in [0.1, 0.15) is 15.9 Å². The summed E-state index contributed by atoms with van der Waals surface area (Å²) in [4.78, 5) is 13.5. The van der Waals surface area contributed by atoms with E-state index in [1.54, 1.807) is 12.1 Å². The zero-order valence-corrected chi connectivity index (χ0v) is 12.6. The molecule has 0 atom stereocenters. The molecule has 0 fully saturated rings. The van der Waals surface area contributed by atoms with Crippen LogP contribution in [0.5, 0.6) is 0 Å². The molecular weight excluding hydrogens is 296 g/mol. The maximum absolute atomic E-state index is 11.3. The smallest absolute Gasteiger partial charge is 0.337 e. The van der Waals surface area contributed by atoms with Gasteiger partial charge < -0.3 is 15.0 Å². The minimum atomic E-state index is -0.317. The Bertz CT molecular complexity index is 408. The van der Waals surface area contributed by atoms with Crippen LogP contribution in [-0.2, 0) is 11.3 Å². The predicted molar refractivity (Wildman–Crippen MR) is 75.7 cm³/mol. The van der Waals surface area contributed by atoms with Crippen molar-refractivity contribution in [2.45, 2.75) is 6.54 Å². The van der Waals surface area contributed by atoms with Crippen LogP contribution in [0.15, 0.2) is 22.7 Å². The maximum Gasteiger partial charge on any atom is 0.337 e. The number of halogens is 1. The summed E-state index contributed by atoms with van der Waals surface area (Å²) in [6, 6.07) is 5.49. The van der Waals surface area contributed by atoms with E-state index in [-0.39, 0.29) is 5.97 Å². The van der Waals surface area contributed by atoms with Crippen molar-refractivity contribution in [1.82, 2.24) is 10.2 Å². The van der Waals surface area contributed by atoms with Crippen molar-refractivity contribution in [2.75, 3.05) is 34.3 Å². The van der Waals surface area contributed by atoms with Crippen LogP contribution in [0.3, 0.4) is 0 Å². The van der Waals surface area contributed by atoms with Gasteiger partial charge in [-0.05, 0) is 31.8 Å². The van der Waals surface area contributed by atoms with Crippen LogP contribution >= 0.6 is 15.9 Å². The Morgan fingerprint density at radius 3 is 2.72 bits per heavy atom. The minimum absolute atomic E-state index is 0.317. The zero-order chi connectivity index (χ0) is 13.5. The molecule has 0 aliphatic heterocycles. The van der Waals surface area contributed by atoms with Crippen molar-refractivity contribution in [3.63, 3.8) is 0 Å². The zero-order valence-electron chi connectivity index (χ0n) is 11.0. The number of ether oxygens (including phenoxy) is 1. The average molecular weight is 315 g/mol. The fourth-order valence-electron chi connectivity index (χ4n) is 1.46. The van der Waals surface area contributed by atoms with E-state index in [2.05, 4.69) is 30.9 Å². The molecule has 1 rings (SSSR count). The van der Waals surface area contributed by atoms with Gasteiger partial charge in [0.1, 0.15) is 0 Å². The van der Waals surface area contributed by atoms with Gasteiger partial charge in [0.15, 0.2) is 0 Å². The van der Waals surface area contributed by atoms with Gasteiger partial charge in [-0.2, -0.15) is 0 Å². The van der Waals surface area contributed by atoms with Gasteiger partial charge in [0.2, 0.25) is 0 Å². The van der Waals surface area contributed by atoms with Crippen molar-refractivity contribution in [3.05, 3.63) is 33.8 Å². The monoisotopic (exact) mass is 314 g/mol. The molecule has 18 heavy (non-hydrogen) atoms. The molecule has 0 amide bonds. The number of esters is 1. The number of likely N-dealkylation sites (N-methyl/N-ethyl adjacent to an activating group) is 1. The SMILES string of the molecule is COC(=O)c1ccc(CNCCN(C)C)c(Br)c1. The van der Waals surface area contributed by atoms with E-state index in [1.165, 1.54) is 7.11 Å². The number of carbonyl (C=O) groups excluding carboxylic acids is 1. The summed E-state index contributed by atoms with van der Waals surface area (Å²) in [7, 11) is 5.47. The van der Waals surface area contributed by atoms with Crippen LogP contribution in [-0.4, -0.2) is 45.2 Å². The number of methoxy groups -OCH3 is 1. The highest BCUT2D eigenvalue weighted by Gasteiger charge is 2.08. The Morgan fingerprint density at radius 1 is 1.44 bits per heavy atom. The predicted octanol–water partition coefficient (Wildman–Crippen LogP) is 1.89. The summed E-state index contributed by atoms with van der Waals surface area (Å²) in [6.45, 7) is 2.70. The highest BCUT2D eigenvalue weighted by Crippen LogP contribution is 2.19. The Hall–Kier alpha value is -0.910. The fourth-order valence-corrected chi connectivity index (χ4v) is 1.98. The summed E-state index contributed by atoms with van der Waals surface area (Å²) in [5.41, 5.74) is 1.68. The third-order valence-electron chi connectivity index (χ3n) is 2.53. The third kappa shape index (κ3) is 4.76. The molecule has 0 radical (unpaired) electrons. The van der Waals surface area contributed by atoms with Gasteiger partial charge in [0, 0.05) is 24.1 Å². The number of nitrogens with zero attached hydrogens (tertiary/aromatic N) is 1. The molecule has 1 aromatic rings. The van der Waals surface area contributed by atoms with E-state index in [0.29, 0.717) is 5.56 Å². The summed E-state index contributed by atoms with van der Waals surface area (Å²) in [5, 5.41) is 3.35. The van der Waals surface area contributed by atoms with Gasteiger partial charge in [-0.3, -0.25) is 0 Å². The lowest BCUT2D eigenvalue weighted by Crippen LogP contribution is -2.26. The van der Waals surface area contributed by atoms with Gasteiger partial charge in [0.05, 0.1) is 12.7 Å². The molecule has 4 nitrogen and oxygen atoms in total. The number of nitrogens with one attached hydrogen (secondary N) is 1. The normalized spacial score (nSPS) is 10.7. The van der Waals surface area contributed by atoms with Crippen LogP contribution < -0.4 is 5.32 Å². The first-order valence-corrected chi connectivity index (χ1v) is 6.56. The molecule has 1 N–H and O–H groups in total.